The predicted octanol–water partition coefficient (Wildman–Crippen LogP) is 2.41. The van der Waals surface area contributed by atoms with Crippen LogP contribution in [0, 0.1) is 11.3 Å². The number of hydrogen-bond acceptors (Lipinski definition) is 5. The number of rotatable bonds is 3. The van der Waals surface area contributed by atoms with Crippen LogP contribution in [0.2, 0.25) is 0 Å². The summed E-state index contributed by atoms with van der Waals surface area (Å²) < 4.78 is 1.88. The summed E-state index contributed by atoms with van der Waals surface area (Å²) in [6.45, 7) is 2.02. The van der Waals surface area contributed by atoms with Gasteiger partial charge in [-0.2, -0.15) is 10.2 Å². The van der Waals surface area contributed by atoms with E-state index in [0.717, 1.165) is 11.1 Å². The second kappa shape index (κ2) is 5.21. The van der Waals surface area contributed by atoms with E-state index >= 15 is 0 Å². The molecule has 3 rings (SSSR count). The first-order valence-electron chi connectivity index (χ1n) is 6.58. The normalized spacial score (nSPS) is 12.0. The smallest absolute Gasteiger partial charge is 0.225 e. The lowest BCUT2D eigenvalue weighted by Crippen LogP contribution is -2.09. The molecule has 0 radical (unpaired) electrons. The van der Waals surface area contributed by atoms with Crippen LogP contribution >= 0.6 is 0 Å². The van der Waals surface area contributed by atoms with Gasteiger partial charge in [0.15, 0.2) is 5.65 Å². The topological polar surface area (TPSA) is 79.4 Å². The minimum absolute atomic E-state index is 0.0407. The molecule has 0 bridgehead atoms. The van der Waals surface area contributed by atoms with Crippen molar-refractivity contribution in [3.05, 3.63) is 47.9 Å². The molecule has 1 N–H and O–H groups in total. The highest BCUT2D eigenvalue weighted by atomic mass is 15.2. The van der Waals surface area contributed by atoms with Crippen LogP contribution in [0.25, 0.3) is 11.2 Å². The molecule has 1 aromatic carbocycles. The van der Waals surface area contributed by atoms with E-state index in [2.05, 4.69) is 26.3 Å². The standard InChI is InChI=1S/C15H14N6/c1-10(12-5-3-11(7-16)4-6-12)19-15-17-8-13-14(20-15)18-9-21(13)2/h3-6,8-10H,1-2H3,(H,17,19,20). The molecule has 6 heteroatoms. The van der Waals surface area contributed by atoms with Crippen molar-refractivity contribution < 1.29 is 0 Å². The van der Waals surface area contributed by atoms with Crippen LogP contribution in [0.5, 0.6) is 0 Å². The number of nitrogens with one attached hydrogen (secondary N) is 1. The molecule has 3 aromatic rings. The molecule has 0 aliphatic carbocycles. The highest BCUT2D eigenvalue weighted by Gasteiger charge is 2.09. The largest absolute Gasteiger partial charge is 0.348 e. The Morgan fingerprint density at radius 1 is 1.24 bits per heavy atom. The summed E-state index contributed by atoms with van der Waals surface area (Å²) in [6, 6.07) is 9.61. The van der Waals surface area contributed by atoms with Crippen molar-refractivity contribution in [3.63, 3.8) is 0 Å². The Labute approximate surface area is 122 Å². The number of nitriles is 1. The first-order valence-corrected chi connectivity index (χ1v) is 6.58. The first kappa shape index (κ1) is 13.1. The van der Waals surface area contributed by atoms with Crippen molar-refractivity contribution >= 4 is 17.1 Å². The van der Waals surface area contributed by atoms with Gasteiger partial charge in [0.05, 0.1) is 30.2 Å². The molecular weight excluding hydrogens is 264 g/mol. The van der Waals surface area contributed by atoms with Gasteiger partial charge in [-0.3, -0.25) is 0 Å². The van der Waals surface area contributed by atoms with Crippen molar-refractivity contribution in [1.82, 2.24) is 19.5 Å². The van der Waals surface area contributed by atoms with Crippen molar-refractivity contribution in [2.75, 3.05) is 5.32 Å². The highest BCUT2D eigenvalue weighted by Crippen LogP contribution is 2.18. The van der Waals surface area contributed by atoms with Crippen molar-refractivity contribution in [2.24, 2.45) is 7.05 Å². The van der Waals surface area contributed by atoms with Crippen LogP contribution in [0.15, 0.2) is 36.8 Å². The van der Waals surface area contributed by atoms with Gasteiger partial charge in [0.2, 0.25) is 5.95 Å². The summed E-state index contributed by atoms with van der Waals surface area (Å²) in [5.41, 5.74) is 3.28. The third-order valence-corrected chi connectivity index (χ3v) is 3.37. The highest BCUT2D eigenvalue weighted by molar-refractivity contribution is 5.70. The van der Waals surface area contributed by atoms with Crippen LogP contribution in [0.1, 0.15) is 24.1 Å². The number of hydrogen-bond donors (Lipinski definition) is 1. The lowest BCUT2D eigenvalue weighted by Gasteiger charge is -2.14. The fourth-order valence-corrected chi connectivity index (χ4v) is 2.11. The van der Waals surface area contributed by atoms with Gasteiger partial charge in [0.1, 0.15) is 5.52 Å². The Morgan fingerprint density at radius 3 is 2.71 bits per heavy atom. The Morgan fingerprint density at radius 2 is 2.00 bits per heavy atom. The maximum absolute atomic E-state index is 8.81. The molecule has 0 aliphatic rings. The zero-order valence-corrected chi connectivity index (χ0v) is 11.8. The Hall–Kier alpha value is -2.94. The van der Waals surface area contributed by atoms with Crippen LogP contribution in [-0.4, -0.2) is 19.5 Å². The molecule has 2 heterocycles. The minimum Gasteiger partial charge on any atom is -0.348 e. The number of fused-ring (bicyclic) bond motifs is 1. The van der Waals surface area contributed by atoms with E-state index in [9.17, 15) is 0 Å². The number of benzene rings is 1. The molecule has 0 amide bonds. The fourth-order valence-electron chi connectivity index (χ4n) is 2.11. The maximum Gasteiger partial charge on any atom is 0.225 e. The lowest BCUT2D eigenvalue weighted by atomic mass is 10.1. The SMILES string of the molecule is CC(Nc1ncc2c(ncn2C)n1)c1ccc(C#N)cc1. The van der Waals surface area contributed by atoms with Gasteiger partial charge in [0, 0.05) is 7.05 Å². The van der Waals surface area contributed by atoms with Gasteiger partial charge in [-0.1, -0.05) is 12.1 Å². The molecule has 0 aliphatic heterocycles. The molecule has 0 saturated heterocycles. The third-order valence-electron chi connectivity index (χ3n) is 3.37. The molecule has 2 aromatic heterocycles. The van der Waals surface area contributed by atoms with Gasteiger partial charge in [-0.05, 0) is 24.6 Å². The van der Waals surface area contributed by atoms with Gasteiger partial charge in [-0.15, -0.1) is 0 Å². The molecule has 0 saturated carbocycles. The second-order valence-corrected chi connectivity index (χ2v) is 4.86. The van der Waals surface area contributed by atoms with Gasteiger partial charge in [0.25, 0.3) is 0 Å². The predicted molar refractivity (Wildman–Crippen MR) is 79.5 cm³/mol. The molecule has 0 fully saturated rings. The Bertz CT molecular complexity index is 812. The fraction of sp³-hybridized carbons (Fsp3) is 0.200. The van der Waals surface area contributed by atoms with E-state index in [0.29, 0.717) is 17.2 Å². The van der Waals surface area contributed by atoms with E-state index in [1.807, 2.05) is 30.7 Å². The summed E-state index contributed by atoms with van der Waals surface area (Å²) in [5, 5.41) is 12.1. The maximum atomic E-state index is 8.81. The van der Waals surface area contributed by atoms with Gasteiger partial charge >= 0.3 is 0 Å². The number of nitrogens with zero attached hydrogens (tertiary/aromatic N) is 5. The molecule has 21 heavy (non-hydrogen) atoms. The van der Waals surface area contributed by atoms with Crippen molar-refractivity contribution in [2.45, 2.75) is 13.0 Å². The quantitative estimate of drug-likeness (QED) is 0.795. The number of aromatic nitrogens is 4. The molecule has 104 valence electrons. The zero-order valence-electron chi connectivity index (χ0n) is 11.8. The number of imidazole rings is 1. The molecular formula is C15H14N6. The minimum atomic E-state index is 0.0407. The van der Waals surface area contributed by atoms with E-state index in [4.69, 9.17) is 5.26 Å². The monoisotopic (exact) mass is 278 g/mol. The van der Waals surface area contributed by atoms with Crippen LogP contribution < -0.4 is 5.32 Å². The van der Waals surface area contributed by atoms with E-state index in [1.165, 1.54) is 0 Å². The average molecular weight is 278 g/mol. The van der Waals surface area contributed by atoms with E-state index in [-0.39, 0.29) is 6.04 Å². The van der Waals surface area contributed by atoms with Crippen LogP contribution in [-0.2, 0) is 7.05 Å². The Balaban J connectivity index is 1.81. The molecule has 6 nitrogen and oxygen atoms in total. The van der Waals surface area contributed by atoms with Crippen molar-refractivity contribution in [3.8, 4) is 6.07 Å². The molecule has 1 unspecified atom stereocenters. The van der Waals surface area contributed by atoms with Gasteiger partial charge in [-0.25, -0.2) is 9.97 Å². The third kappa shape index (κ3) is 2.54. The summed E-state index contributed by atoms with van der Waals surface area (Å²) in [4.78, 5) is 12.9. The lowest BCUT2D eigenvalue weighted by molar-refractivity contribution is 0.862. The number of anilines is 1. The first-order chi connectivity index (χ1) is 10.2. The average Bonchev–Trinajstić information content (AvgIpc) is 2.88. The summed E-state index contributed by atoms with van der Waals surface area (Å²) in [6.07, 6.45) is 3.47. The van der Waals surface area contributed by atoms with Gasteiger partial charge < -0.3 is 9.88 Å². The molecule has 0 spiro atoms. The van der Waals surface area contributed by atoms with Crippen molar-refractivity contribution in [1.29, 1.82) is 5.26 Å². The zero-order chi connectivity index (χ0) is 14.8. The second-order valence-electron chi connectivity index (χ2n) is 4.86. The van der Waals surface area contributed by atoms with Crippen LogP contribution in [0.4, 0.5) is 5.95 Å². The van der Waals surface area contributed by atoms with E-state index < -0.39 is 0 Å². The summed E-state index contributed by atoms with van der Waals surface area (Å²) in [7, 11) is 1.91. The Kier molecular flexibility index (Phi) is 3.24. The van der Waals surface area contributed by atoms with E-state index in [1.54, 1.807) is 24.7 Å². The van der Waals surface area contributed by atoms with Crippen LogP contribution in [0.3, 0.4) is 0 Å². The summed E-state index contributed by atoms with van der Waals surface area (Å²) >= 11 is 0. The molecule has 1 atom stereocenters. The summed E-state index contributed by atoms with van der Waals surface area (Å²) in [5.74, 6) is 0.540. The number of aryl methyl sites for hydroxylation is 1.